The van der Waals surface area contributed by atoms with Crippen molar-refractivity contribution >= 4 is 27.9 Å². The summed E-state index contributed by atoms with van der Waals surface area (Å²) in [6.07, 6.45) is 0.648. The van der Waals surface area contributed by atoms with E-state index in [4.69, 9.17) is 4.74 Å². The van der Waals surface area contributed by atoms with Crippen LogP contribution in [0.2, 0.25) is 0 Å². The Kier molecular flexibility index (Phi) is 5.33. The topological polar surface area (TPSA) is 125 Å². The molecule has 0 spiro atoms. The summed E-state index contributed by atoms with van der Waals surface area (Å²) in [6.45, 7) is 0.157. The van der Waals surface area contributed by atoms with Crippen LogP contribution in [0, 0.1) is 5.92 Å². The SMILES string of the molecule is COc1ccc(S(=O)(=O)N2CCC(C(=O)NN3CC(=O)NC3=O)CC2)cc1. The Morgan fingerprint density at radius 1 is 1.19 bits per heavy atom. The number of methoxy groups -OCH3 is 1. The van der Waals surface area contributed by atoms with E-state index in [2.05, 4.69) is 10.7 Å². The number of carbonyl (C=O) groups excluding carboxylic acids is 3. The zero-order chi connectivity index (χ0) is 19.6. The molecule has 2 N–H and O–H groups in total. The average molecular weight is 396 g/mol. The molecule has 2 saturated heterocycles. The van der Waals surface area contributed by atoms with Crippen molar-refractivity contribution < 1.29 is 27.5 Å². The van der Waals surface area contributed by atoms with Gasteiger partial charge in [-0.15, -0.1) is 0 Å². The number of nitrogens with zero attached hydrogens (tertiary/aromatic N) is 2. The molecule has 1 aromatic rings. The fourth-order valence-electron chi connectivity index (χ4n) is 3.01. The van der Waals surface area contributed by atoms with Gasteiger partial charge < -0.3 is 4.74 Å². The minimum Gasteiger partial charge on any atom is -0.497 e. The third-order valence-corrected chi connectivity index (χ3v) is 6.47. The molecule has 0 saturated carbocycles. The molecule has 10 nitrogen and oxygen atoms in total. The van der Waals surface area contributed by atoms with E-state index in [-0.39, 0.29) is 24.5 Å². The van der Waals surface area contributed by atoms with Crippen molar-refractivity contribution in [2.24, 2.45) is 5.92 Å². The van der Waals surface area contributed by atoms with Gasteiger partial charge in [-0.25, -0.2) is 18.2 Å². The lowest BCUT2D eigenvalue weighted by atomic mass is 9.97. The minimum absolute atomic E-state index is 0.165. The van der Waals surface area contributed by atoms with Gasteiger partial charge >= 0.3 is 6.03 Å². The Morgan fingerprint density at radius 3 is 2.33 bits per heavy atom. The maximum atomic E-state index is 12.7. The Balaban J connectivity index is 1.58. The van der Waals surface area contributed by atoms with E-state index in [9.17, 15) is 22.8 Å². The third-order valence-electron chi connectivity index (χ3n) is 4.56. The van der Waals surface area contributed by atoms with Crippen molar-refractivity contribution in [1.29, 1.82) is 0 Å². The summed E-state index contributed by atoms with van der Waals surface area (Å²) < 4.78 is 31.8. The van der Waals surface area contributed by atoms with Crippen molar-refractivity contribution in [3.63, 3.8) is 0 Å². The van der Waals surface area contributed by atoms with E-state index in [0.29, 0.717) is 18.6 Å². The summed E-state index contributed by atoms with van der Waals surface area (Å²) >= 11 is 0. The summed E-state index contributed by atoms with van der Waals surface area (Å²) in [6, 6.07) is 5.45. The first kappa shape index (κ1) is 19.1. The van der Waals surface area contributed by atoms with Crippen molar-refractivity contribution in [1.82, 2.24) is 20.1 Å². The second kappa shape index (κ2) is 7.53. The van der Waals surface area contributed by atoms with E-state index >= 15 is 0 Å². The number of hydrogen-bond donors (Lipinski definition) is 2. The van der Waals surface area contributed by atoms with E-state index in [1.54, 1.807) is 12.1 Å². The Bertz CT molecular complexity index is 846. The fourth-order valence-corrected chi connectivity index (χ4v) is 4.48. The molecule has 2 heterocycles. The van der Waals surface area contributed by atoms with Crippen LogP contribution < -0.4 is 15.5 Å². The van der Waals surface area contributed by atoms with Gasteiger partial charge in [0.1, 0.15) is 12.3 Å². The number of rotatable bonds is 5. The molecule has 0 atom stereocenters. The molecule has 27 heavy (non-hydrogen) atoms. The average Bonchev–Trinajstić information content (AvgIpc) is 2.98. The Labute approximate surface area is 156 Å². The third kappa shape index (κ3) is 4.03. The predicted octanol–water partition coefficient (Wildman–Crippen LogP) is -0.321. The fraction of sp³-hybridized carbons (Fsp3) is 0.438. The summed E-state index contributed by atoms with van der Waals surface area (Å²) in [5, 5.41) is 2.99. The first-order valence-corrected chi connectivity index (χ1v) is 9.81. The number of carbonyl (C=O) groups is 3. The second-order valence-electron chi connectivity index (χ2n) is 6.27. The van der Waals surface area contributed by atoms with Crippen molar-refractivity contribution in [3.05, 3.63) is 24.3 Å². The molecule has 3 rings (SSSR count). The molecule has 1 aromatic carbocycles. The highest BCUT2D eigenvalue weighted by Crippen LogP contribution is 2.25. The van der Waals surface area contributed by atoms with Crippen LogP contribution in [0.1, 0.15) is 12.8 Å². The number of nitrogens with one attached hydrogen (secondary N) is 2. The molecule has 2 fully saturated rings. The van der Waals surface area contributed by atoms with Crippen LogP contribution in [0.5, 0.6) is 5.75 Å². The maximum absolute atomic E-state index is 12.7. The lowest BCUT2D eigenvalue weighted by Crippen LogP contribution is -2.49. The van der Waals surface area contributed by atoms with E-state index in [0.717, 1.165) is 5.01 Å². The van der Waals surface area contributed by atoms with E-state index in [1.807, 2.05) is 0 Å². The van der Waals surface area contributed by atoms with E-state index < -0.39 is 33.8 Å². The maximum Gasteiger partial charge on any atom is 0.343 e. The van der Waals surface area contributed by atoms with Crippen LogP contribution in [0.25, 0.3) is 0 Å². The molecule has 0 aliphatic carbocycles. The summed E-state index contributed by atoms with van der Waals surface area (Å²) in [5.74, 6) is -0.758. The van der Waals surface area contributed by atoms with Gasteiger partial charge in [-0.3, -0.25) is 20.3 Å². The smallest absolute Gasteiger partial charge is 0.343 e. The van der Waals surface area contributed by atoms with Gasteiger partial charge in [0.25, 0.3) is 0 Å². The largest absolute Gasteiger partial charge is 0.497 e. The molecule has 2 aliphatic rings. The second-order valence-corrected chi connectivity index (χ2v) is 8.21. The van der Waals surface area contributed by atoms with Crippen LogP contribution >= 0.6 is 0 Å². The molecule has 0 bridgehead atoms. The number of urea groups is 1. The minimum atomic E-state index is -3.65. The first-order valence-electron chi connectivity index (χ1n) is 8.37. The van der Waals surface area contributed by atoms with Gasteiger partial charge in [0, 0.05) is 19.0 Å². The van der Waals surface area contributed by atoms with Crippen LogP contribution in [-0.4, -0.2) is 62.3 Å². The number of hydrogen-bond acceptors (Lipinski definition) is 6. The number of hydrazine groups is 1. The van der Waals surface area contributed by atoms with Crippen LogP contribution in [0.3, 0.4) is 0 Å². The lowest BCUT2D eigenvalue weighted by Gasteiger charge is -2.31. The van der Waals surface area contributed by atoms with Crippen molar-refractivity contribution in [2.45, 2.75) is 17.7 Å². The zero-order valence-electron chi connectivity index (χ0n) is 14.7. The number of sulfonamides is 1. The highest BCUT2D eigenvalue weighted by Gasteiger charge is 2.34. The lowest BCUT2D eigenvalue weighted by molar-refractivity contribution is -0.130. The van der Waals surface area contributed by atoms with Gasteiger partial charge in [0.2, 0.25) is 21.8 Å². The molecular formula is C16H20N4O6S. The number of amides is 4. The molecule has 4 amide bonds. The van der Waals surface area contributed by atoms with Crippen molar-refractivity contribution in [2.75, 3.05) is 26.7 Å². The molecule has 11 heteroatoms. The highest BCUT2D eigenvalue weighted by molar-refractivity contribution is 7.89. The molecular weight excluding hydrogens is 376 g/mol. The number of imide groups is 1. The van der Waals surface area contributed by atoms with Crippen LogP contribution in [-0.2, 0) is 19.6 Å². The van der Waals surface area contributed by atoms with Gasteiger partial charge in [0.05, 0.1) is 12.0 Å². The Morgan fingerprint density at radius 2 is 1.81 bits per heavy atom. The number of piperidine rings is 1. The summed E-state index contributed by atoms with van der Waals surface area (Å²) in [4.78, 5) is 35.1. The molecule has 2 aliphatic heterocycles. The molecule has 146 valence electrons. The molecule has 0 unspecified atom stereocenters. The van der Waals surface area contributed by atoms with Gasteiger partial charge in [-0.2, -0.15) is 4.31 Å². The van der Waals surface area contributed by atoms with Gasteiger partial charge in [-0.05, 0) is 37.1 Å². The van der Waals surface area contributed by atoms with Gasteiger partial charge in [-0.1, -0.05) is 0 Å². The molecule has 0 radical (unpaired) electrons. The quantitative estimate of drug-likeness (QED) is 0.657. The first-order chi connectivity index (χ1) is 12.8. The summed E-state index contributed by atoms with van der Waals surface area (Å²) in [7, 11) is -2.15. The Hall–Kier alpha value is -2.66. The monoisotopic (exact) mass is 396 g/mol. The normalized spacial score (nSPS) is 19.1. The molecule has 0 aromatic heterocycles. The number of ether oxygens (including phenoxy) is 1. The van der Waals surface area contributed by atoms with Gasteiger partial charge in [0.15, 0.2) is 0 Å². The number of benzene rings is 1. The zero-order valence-corrected chi connectivity index (χ0v) is 15.5. The van der Waals surface area contributed by atoms with E-state index in [1.165, 1.54) is 23.5 Å². The summed E-state index contributed by atoms with van der Waals surface area (Å²) in [5.41, 5.74) is 2.41. The standard InChI is InChI=1S/C16H20N4O6S/c1-26-12-2-4-13(5-3-12)27(24,25)19-8-6-11(7-9-19)15(22)18-20-10-14(21)17-16(20)23/h2-5,11H,6-10H2,1H3,(H,18,22)(H,17,21,23). The predicted molar refractivity (Wildman–Crippen MR) is 92.9 cm³/mol. The van der Waals surface area contributed by atoms with Crippen LogP contribution in [0.4, 0.5) is 4.79 Å². The van der Waals surface area contributed by atoms with Crippen LogP contribution in [0.15, 0.2) is 29.2 Å². The highest BCUT2D eigenvalue weighted by atomic mass is 32.2. The van der Waals surface area contributed by atoms with Crippen molar-refractivity contribution in [3.8, 4) is 5.75 Å².